The molecule has 1 aliphatic heterocycles. The van der Waals surface area contributed by atoms with Crippen molar-refractivity contribution < 1.29 is 9.59 Å². The summed E-state index contributed by atoms with van der Waals surface area (Å²) < 4.78 is 0. The molecule has 1 aromatic carbocycles. The van der Waals surface area contributed by atoms with Crippen molar-refractivity contribution in [3.05, 3.63) is 36.4 Å². The van der Waals surface area contributed by atoms with E-state index in [1.807, 2.05) is 30.3 Å². The summed E-state index contributed by atoms with van der Waals surface area (Å²) >= 11 is 0. The predicted molar refractivity (Wildman–Crippen MR) is 73.9 cm³/mol. The van der Waals surface area contributed by atoms with Gasteiger partial charge in [-0.1, -0.05) is 18.2 Å². The summed E-state index contributed by atoms with van der Waals surface area (Å²) in [7, 11) is 0. The molecule has 0 radical (unpaired) electrons. The van der Waals surface area contributed by atoms with Gasteiger partial charge in [0, 0.05) is 13.0 Å². The summed E-state index contributed by atoms with van der Waals surface area (Å²) in [6.07, 6.45) is 6.31. The second-order valence-electron chi connectivity index (χ2n) is 5.00. The molecule has 0 unspecified atom stereocenters. The highest BCUT2D eigenvalue weighted by Crippen LogP contribution is 2.31. The van der Waals surface area contributed by atoms with Gasteiger partial charge in [0.25, 0.3) is 5.91 Å². The van der Waals surface area contributed by atoms with Crippen LogP contribution in [-0.4, -0.2) is 18.4 Å². The van der Waals surface area contributed by atoms with E-state index < -0.39 is 0 Å². The van der Waals surface area contributed by atoms with Crippen molar-refractivity contribution in [3.8, 4) is 0 Å². The van der Waals surface area contributed by atoms with Crippen molar-refractivity contribution in [3.63, 3.8) is 0 Å². The Morgan fingerprint density at radius 3 is 2.89 bits per heavy atom. The number of rotatable bonds is 2. The third kappa shape index (κ3) is 2.67. The van der Waals surface area contributed by atoms with E-state index >= 15 is 0 Å². The van der Waals surface area contributed by atoms with Crippen molar-refractivity contribution in [2.24, 2.45) is 5.92 Å². The van der Waals surface area contributed by atoms with Crippen LogP contribution in [0.5, 0.6) is 0 Å². The number of benzene rings is 1. The molecule has 0 atom stereocenters. The van der Waals surface area contributed by atoms with Crippen LogP contribution in [0.1, 0.15) is 19.3 Å². The van der Waals surface area contributed by atoms with E-state index in [1.54, 1.807) is 11.0 Å². The van der Waals surface area contributed by atoms with E-state index in [0.29, 0.717) is 24.6 Å². The van der Waals surface area contributed by atoms with Crippen LogP contribution in [0.15, 0.2) is 36.4 Å². The molecule has 0 bridgehead atoms. The summed E-state index contributed by atoms with van der Waals surface area (Å²) in [5.41, 5.74) is 1.48. The maximum atomic E-state index is 12.3. The summed E-state index contributed by atoms with van der Waals surface area (Å²) in [6, 6.07) is 7.42. The lowest BCUT2D eigenvalue weighted by molar-refractivity contribution is -0.116. The normalized spacial score (nSPS) is 18.9. The highest BCUT2D eigenvalue weighted by atomic mass is 16.2. The molecule has 1 saturated carbocycles. The fourth-order valence-corrected chi connectivity index (χ4v) is 2.19. The molecule has 1 aromatic rings. The number of anilines is 2. The number of fused-ring (bicyclic) bond motifs is 1. The molecule has 1 N–H and O–H groups in total. The molecule has 3 rings (SSSR count). The fraction of sp³-hybridized carbons (Fsp3) is 0.333. The van der Waals surface area contributed by atoms with Crippen molar-refractivity contribution in [2.75, 3.05) is 16.8 Å². The highest BCUT2D eigenvalue weighted by molar-refractivity contribution is 6.07. The Morgan fingerprint density at radius 1 is 1.32 bits per heavy atom. The standard InChI is InChI=1S/C15H16N2O2/c18-14-9-10-17(15(19)8-7-11-5-6-11)13-4-2-1-3-12(13)16-14/h1-4,7-8,11H,5-6,9-10H2,(H,16,18)/b8-7+. The van der Waals surface area contributed by atoms with Crippen molar-refractivity contribution in [2.45, 2.75) is 19.3 Å². The maximum Gasteiger partial charge on any atom is 0.250 e. The van der Waals surface area contributed by atoms with E-state index in [0.717, 1.165) is 5.69 Å². The first-order valence-corrected chi connectivity index (χ1v) is 6.62. The van der Waals surface area contributed by atoms with Gasteiger partial charge in [-0.3, -0.25) is 9.59 Å². The number of nitrogens with zero attached hydrogens (tertiary/aromatic N) is 1. The molecule has 4 nitrogen and oxygen atoms in total. The molecule has 1 aliphatic carbocycles. The second kappa shape index (κ2) is 4.88. The van der Waals surface area contributed by atoms with Gasteiger partial charge < -0.3 is 10.2 Å². The zero-order chi connectivity index (χ0) is 13.2. The van der Waals surface area contributed by atoms with Gasteiger partial charge in [-0.25, -0.2) is 0 Å². The van der Waals surface area contributed by atoms with Crippen LogP contribution in [0.4, 0.5) is 11.4 Å². The van der Waals surface area contributed by atoms with E-state index in [9.17, 15) is 9.59 Å². The molecule has 0 aromatic heterocycles. The molecule has 0 saturated heterocycles. The van der Waals surface area contributed by atoms with Gasteiger partial charge in [0.1, 0.15) is 0 Å². The lowest BCUT2D eigenvalue weighted by Crippen LogP contribution is -2.30. The van der Waals surface area contributed by atoms with Gasteiger partial charge >= 0.3 is 0 Å². The van der Waals surface area contributed by atoms with Crippen LogP contribution in [0.2, 0.25) is 0 Å². The second-order valence-corrected chi connectivity index (χ2v) is 5.00. The molecule has 2 aliphatic rings. The van der Waals surface area contributed by atoms with Crippen LogP contribution in [0.25, 0.3) is 0 Å². The SMILES string of the molecule is O=C1CCN(C(=O)/C=C/C2CC2)c2ccccc2N1. The average molecular weight is 256 g/mol. The quantitative estimate of drug-likeness (QED) is 0.826. The van der Waals surface area contributed by atoms with Crippen LogP contribution in [0.3, 0.4) is 0 Å². The van der Waals surface area contributed by atoms with Crippen molar-refractivity contribution in [1.29, 1.82) is 0 Å². The predicted octanol–water partition coefficient (Wildman–Crippen LogP) is 2.33. The van der Waals surface area contributed by atoms with Crippen molar-refractivity contribution >= 4 is 23.2 Å². The zero-order valence-corrected chi connectivity index (χ0v) is 10.6. The Morgan fingerprint density at radius 2 is 2.11 bits per heavy atom. The molecule has 4 heteroatoms. The topological polar surface area (TPSA) is 49.4 Å². The molecular weight excluding hydrogens is 240 g/mol. The third-order valence-corrected chi connectivity index (χ3v) is 3.43. The molecule has 0 spiro atoms. The fourth-order valence-electron chi connectivity index (χ4n) is 2.19. The molecule has 19 heavy (non-hydrogen) atoms. The van der Waals surface area contributed by atoms with E-state index in [1.165, 1.54) is 12.8 Å². The average Bonchev–Trinajstić information content (AvgIpc) is 3.22. The van der Waals surface area contributed by atoms with Crippen LogP contribution in [-0.2, 0) is 9.59 Å². The molecule has 1 fully saturated rings. The zero-order valence-electron chi connectivity index (χ0n) is 10.6. The Hall–Kier alpha value is -2.10. The number of hydrogen-bond acceptors (Lipinski definition) is 2. The molecule has 2 amide bonds. The minimum absolute atomic E-state index is 0.0455. The van der Waals surface area contributed by atoms with Crippen molar-refractivity contribution in [1.82, 2.24) is 0 Å². The molecule has 1 heterocycles. The monoisotopic (exact) mass is 256 g/mol. The summed E-state index contributed by atoms with van der Waals surface area (Å²) in [5, 5.41) is 2.83. The van der Waals surface area contributed by atoms with Gasteiger partial charge in [0.15, 0.2) is 0 Å². The number of nitrogens with one attached hydrogen (secondary N) is 1. The minimum atomic E-state index is -0.0473. The first-order chi connectivity index (χ1) is 9.24. The number of hydrogen-bond donors (Lipinski definition) is 1. The number of amides is 2. The van der Waals surface area contributed by atoms with Gasteiger partial charge in [-0.15, -0.1) is 0 Å². The van der Waals surface area contributed by atoms with Crippen LogP contribution >= 0.6 is 0 Å². The Kier molecular flexibility index (Phi) is 3.07. The van der Waals surface area contributed by atoms with E-state index in [-0.39, 0.29) is 11.8 Å². The largest absolute Gasteiger partial charge is 0.324 e. The van der Waals surface area contributed by atoms with E-state index in [4.69, 9.17) is 0 Å². The summed E-state index contributed by atoms with van der Waals surface area (Å²) in [6.45, 7) is 0.427. The number of carbonyl (C=O) groups excluding carboxylic acids is 2. The number of allylic oxidation sites excluding steroid dienone is 1. The van der Waals surface area contributed by atoms with Crippen LogP contribution in [0, 0.1) is 5.92 Å². The number of para-hydroxylation sites is 2. The lowest BCUT2D eigenvalue weighted by Gasteiger charge is -2.20. The maximum absolute atomic E-state index is 12.3. The van der Waals surface area contributed by atoms with Gasteiger partial charge in [-0.2, -0.15) is 0 Å². The van der Waals surface area contributed by atoms with Gasteiger partial charge in [0.05, 0.1) is 11.4 Å². The Balaban J connectivity index is 1.87. The first-order valence-electron chi connectivity index (χ1n) is 6.62. The highest BCUT2D eigenvalue weighted by Gasteiger charge is 2.23. The number of carbonyl (C=O) groups is 2. The Bertz CT molecular complexity index is 547. The lowest BCUT2D eigenvalue weighted by atomic mass is 10.2. The Labute approximate surface area is 112 Å². The van der Waals surface area contributed by atoms with Crippen LogP contribution < -0.4 is 10.2 Å². The van der Waals surface area contributed by atoms with Gasteiger partial charge in [-0.05, 0) is 37.0 Å². The molecular formula is C15H16N2O2. The summed E-state index contributed by atoms with van der Waals surface area (Å²) in [4.78, 5) is 25.5. The minimum Gasteiger partial charge on any atom is -0.324 e. The summed E-state index contributed by atoms with van der Waals surface area (Å²) in [5.74, 6) is 0.482. The first kappa shape index (κ1) is 12.0. The third-order valence-electron chi connectivity index (χ3n) is 3.43. The molecule has 98 valence electrons. The van der Waals surface area contributed by atoms with E-state index in [2.05, 4.69) is 5.32 Å². The smallest absolute Gasteiger partial charge is 0.250 e. The van der Waals surface area contributed by atoms with Gasteiger partial charge in [0.2, 0.25) is 5.91 Å².